The molecule has 1 aliphatic rings. The van der Waals surface area contributed by atoms with Crippen LogP contribution >= 0.6 is 11.6 Å². The van der Waals surface area contributed by atoms with Gasteiger partial charge in [0.25, 0.3) is 0 Å². The molecule has 0 aliphatic heterocycles. The summed E-state index contributed by atoms with van der Waals surface area (Å²) in [5.74, 6) is -0.359. The molecule has 2 rings (SSSR count). The molecule has 1 N–H and O–H groups in total. The first-order chi connectivity index (χ1) is 6.57. The van der Waals surface area contributed by atoms with Crippen molar-refractivity contribution in [2.75, 3.05) is 0 Å². The van der Waals surface area contributed by atoms with Gasteiger partial charge in [0.2, 0.25) is 0 Å². The molecule has 1 nitrogen and oxygen atoms in total. The van der Waals surface area contributed by atoms with E-state index in [4.69, 9.17) is 11.6 Å². The summed E-state index contributed by atoms with van der Waals surface area (Å²) in [5.41, 5.74) is 0.593. The molecule has 1 saturated carbocycles. The molecule has 14 heavy (non-hydrogen) atoms. The Kier molecular flexibility index (Phi) is 2.28. The van der Waals surface area contributed by atoms with E-state index in [1.165, 1.54) is 6.07 Å². The Bertz CT molecular complexity index is 372. The fourth-order valence-electron chi connectivity index (χ4n) is 1.58. The van der Waals surface area contributed by atoms with Crippen LogP contribution in [0.2, 0.25) is 5.02 Å². The SMILES string of the molecule is CCc1cc(C2(O)CC2)cc(Cl)c1F. The van der Waals surface area contributed by atoms with Gasteiger partial charge in [0.05, 0.1) is 10.6 Å². The molecular weight excluding hydrogens is 203 g/mol. The van der Waals surface area contributed by atoms with Crippen molar-refractivity contribution in [1.82, 2.24) is 0 Å². The first-order valence-corrected chi connectivity index (χ1v) is 5.15. The van der Waals surface area contributed by atoms with Gasteiger partial charge in [-0.1, -0.05) is 18.5 Å². The molecule has 1 aliphatic carbocycles. The largest absolute Gasteiger partial charge is 0.385 e. The van der Waals surface area contributed by atoms with Crippen molar-refractivity contribution in [1.29, 1.82) is 0 Å². The van der Waals surface area contributed by atoms with Gasteiger partial charge in [0.15, 0.2) is 0 Å². The molecular formula is C11H12ClFO. The molecule has 0 aromatic heterocycles. The van der Waals surface area contributed by atoms with Crippen molar-refractivity contribution >= 4 is 11.6 Å². The van der Waals surface area contributed by atoms with E-state index >= 15 is 0 Å². The number of halogens is 2. The zero-order valence-corrected chi connectivity index (χ0v) is 8.74. The summed E-state index contributed by atoms with van der Waals surface area (Å²) in [6.45, 7) is 1.87. The second kappa shape index (κ2) is 3.21. The molecule has 0 amide bonds. The predicted octanol–water partition coefficient (Wildman–Crippen LogP) is 3.02. The van der Waals surface area contributed by atoms with E-state index in [0.717, 1.165) is 18.4 Å². The number of rotatable bonds is 2. The Morgan fingerprint density at radius 3 is 2.64 bits per heavy atom. The number of hydrogen-bond acceptors (Lipinski definition) is 1. The minimum absolute atomic E-state index is 0.111. The Labute approximate surface area is 87.5 Å². The fourth-order valence-corrected chi connectivity index (χ4v) is 1.82. The van der Waals surface area contributed by atoms with Crippen LogP contribution in [0.1, 0.15) is 30.9 Å². The number of aliphatic hydroxyl groups is 1. The molecule has 3 heteroatoms. The first-order valence-electron chi connectivity index (χ1n) is 4.77. The van der Waals surface area contributed by atoms with Gasteiger partial charge < -0.3 is 5.11 Å². The quantitative estimate of drug-likeness (QED) is 0.803. The van der Waals surface area contributed by atoms with Crippen LogP contribution in [-0.2, 0) is 12.0 Å². The second-order valence-electron chi connectivity index (χ2n) is 3.82. The number of benzene rings is 1. The first kappa shape index (κ1) is 9.94. The summed E-state index contributed by atoms with van der Waals surface area (Å²) in [6, 6.07) is 3.25. The topological polar surface area (TPSA) is 20.2 Å². The van der Waals surface area contributed by atoms with Crippen molar-refractivity contribution in [3.63, 3.8) is 0 Å². The average molecular weight is 215 g/mol. The summed E-state index contributed by atoms with van der Waals surface area (Å²) >= 11 is 5.75. The molecule has 0 heterocycles. The maximum Gasteiger partial charge on any atom is 0.144 e. The monoisotopic (exact) mass is 214 g/mol. The lowest BCUT2D eigenvalue weighted by atomic mass is 10.0. The van der Waals surface area contributed by atoms with Crippen LogP contribution in [0, 0.1) is 5.82 Å². The molecule has 1 aromatic rings. The Morgan fingerprint density at radius 1 is 1.50 bits per heavy atom. The highest BCUT2D eigenvalue weighted by Gasteiger charge is 2.42. The average Bonchev–Trinajstić information content (AvgIpc) is 2.89. The third-order valence-electron chi connectivity index (χ3n) is 2.75. The maximum absolute atomic E-state index is 13.4. The molecule has 0 spiro atoms. The molecule has 1 fully saturated rings. The standard InChI is InChI=1S/C11H12ClFO/c1-2-7-5-8(11(14)3-4-11)6-9(12)10(7)13/h5-6,14H,2-4H2,1H3. The fraction of sp³-hybridized carbons (Fsp3) is 0.455. The van der Waals surface area contributed by atoms with E-state index in [1.54, 1.807) is 6.07 Å². The Hall–Kier alpha value is -0.600. The Balaban J connectivity index is 2.48. The van der Waals surface area contributed by atoms with Crippen molar-refractivity contribution in [2.45, 2.75) is 31.8 Å². The highest BCUT2D eigenvalue weighted by atomic mass is 35.5. The molecule has 0 saturated heterocycles. The minimum atomic E-state index is -0.735. The van der Waals surface area contributed by atoms with Gasteiger partial charge in [-0.05, 0) is 42.5 Å². The highest BCUT2D eigenvalue weighted by Crippen LogP contribution is 2.46. The van der Waals surface area contributed by atoms with Crippen LogP contribution in [0.4, 0.5) is 4.39 Å². The van der Waals surface area contributed by atoms with Gasteiger partial charge >= 0.3 is 0 Å². The second-order valence-corrected chi connectivity index (χ2v) is 4.22. The van der Waals surface area contributed by atoms with E-state index < -0.39 is 5.60 Å². The van der Waals surface area contributed by atoms with Crippen molar-refractivity contribution < 1.29 is 9.50 Å². The van der Waals surface area contributed by atoms with E-state index in [2.05, 4.69) is 0 Å². The molecule has 0 bridgehead atoms. The lowest BCUT2D eigenvalue weighted by Crippen LogP contribution is -2.06. The lowest BCUT2D eigenvalue weighted by Gasteiger charge is -2.11. The van der Waals surface area contributed by atoms with Crippen LogP contribution in [0.3, 0.4) is 0 Å². The van der Waals surface area contributed by atoms with Crippen LogP contribution in [-0.4, -0.2) is 5.11 Å². The van der Waals surface area contributed by atoms with Crippen LogP contribution in [0.15, 0.2) is 12.1 Å². The normalized spacial score (nSPS) is 18.3. The van der Waals surface area contributed by atoms with Gasteiger partial charge in [0, 0.05) is 0 Å². The van der Waals surface area contributed by atoms with Gasteiger partial charge in [-0.25, -0.2) is 4.39 Å². The summed E-state index contributed by atoms with van der Waals surface area (Å²) < 4.78 is 13.4. The molecule has 1 aromatic carbocycles. The lowest BCUT2D eigenvalue weighted by molar-refractivity contribution is 0.151. The third-order valence-corrected chi connectivity index (χ3v) is 3.02. The van der Waals surface area contributed by atoms with Gasteiger partial charge in [-0.15, -0.1) is 0 Å². The van der Waals surface area contributed by atoms with E-state index in [0.29, 0.717) is 12.0 Å². The minimum Gasteiger partial charge on any atom is -0.385 e. The van der Waals surface area contributed by atoms with Crippen LogP contribution < -0.4 is 0 Å². The summed E-state index contributed by atoms with van der Waals surface area (Å²) in [5, 5.41) is 9.97. The number of hydrogen-bond donors (Lipinski definition) is 1. The predicted molar refractivity (Wildman–Crippen MR) is 53.9 cm³/mol. The maximum atomic E-state index is 13.4. The van der Waals surface area contributed by atoms with Crippen LogP contribution in [0.25, 0.3) is 0 Å². The van der Waals surface area contributed by atoms with Gasteiger partial charge in [-0.3, -0.25) is 0 Å². The van der Waals surface area contributed by atoms with E-state index in [9.17, 15) is 9.50 Å². The van der Waals surface area contributed by atoms with E-state index in [-0.39, 0.29) is 10.8 Å². The van der Waals surface area contributed by atoms with Gasteiger partial charge in [0.1, 0.15) is 5.82 Å². The third kappa shape index (κ3) is 1.53. The van der Waals surface area contributed by atoms with Crippen molar-refractivity contribution in [3.05, 3.63) is 34.1 Å². The summed E-state index contributed by atoms with van der Waals surface area (Å²) in [4.78, 5) is 0. The zero-order valence-electron chi connectivity index (χ0n) is 7.98. The van der Waals surface area contributed by atoms with Gasteiger partial charge in [-0.2, -0.15) is 0 Å². The van der Waals surface area contributed by atoms with Crippen molar-refractivity contribution in [3.8, 4) is 0 Å². The highest BCUT2D eigenvalue weighted by molar-refractivity contribution is 6.30. The summed E-state index contributed by atoms with van der Waals surface area (Å²) in [7, 11) is 0. The molecule has 0 atom stereocenters. The zero-order chi connectivity index (χ0) is 10.3. The van der Waals surface area contributed by atoms with Crippen LogP contribution in [0.5, 0.6) is 0 Å². The molecule has 0 unspecified atom stereocenters. The van der Waals surface area contributed by atoms with Crippen molar-refractivity contribution in [2.24, 2.45) is 0 Å². The molecule has 0 radical (unpaired) electrons. The van der Waals surface area contributed by atoms with E-state index in [1.807, 2.05) is 6.92 Å². The smallest absolute Gasteiger partial charge is 0.144 e. The molecule has 76 valence electrons. The number of aryl methyl sites for hydroxylation is 1. The Morgan fingerprint density at radius 2 is 2.14 bits per heavy atom. The summed E-state index contributed by atoms with van der Waals surface area (Å²) in [6.07, 6.45) is 2.09.